The molecule has 3 rings (SSSR count). The number of halogens is 1. The van der Waals surface area contributed by atoms with Crippen molar-refractivity contribution < 1.29 is 13.5 Å². The number of nitroso groups, excluding NO2 is 1. The lowest BCUT2D eigenvalue weighted by Crippen LogP contribution is -2.21. The molecule has 1 N–H and O–H groups in total. The van der Waals surface area contributed by atoms with Gasteiger partial charge in [0, 0.05) is 36.0 Å². The molecule has 0 aliphatic heterocycles. The monoisotopic (exact) mass is 488 g/mol. The van der Waals surface area contributed by atoms with E-state index in [0.29, 0.717) is 17.0 Å². The lowest BCUT2D eigenvalue weighted by atomic mass is 9.83. The first kappa shape index (κ1) is 24.8. The van der Waals surface area contributed by atoms with Crippen LogP contribution in [0.4, 0.5) is 0 Å². The van der Waals surface area contributed by atoms with Gasteiger partial charge < -0.3 is 9.67 Å². The van der Waals surface area contributed by atoms with E-state index < -0.39 is 15.9 Å². The van der Waals surface area contributed by atoms with Gasteiger partial charge in [-0.3, -0.25) is 4.79 Å². The van der Waals surface area contributed by atoms with Gasteiger partial charge in [0.2, 0.25) is 0 Å². The number of aromatic nitrogens is 1. The zero-order chi connectivity index (χ0) is 24.2. The molecule has 174 valence electrons. The van der Waals surface area contributed by atoms with Crippen molar-refractivity contribution in [2.75, 3.05) is 12.9 Å². The Morgan fingerprint density at radius 2 is 1.73 bits per heavy atom. The molecule has 1 aromatic heterocycles. The van der Waals surface area contributed by atoms with Gasteiger partial charge >= 0.3 is 0 Å². The number of nitrogens with zero attached hydrogens (tertiary/aromatic N) is 2. The zero-order valence-electron chi connectivity index (χ0n) is 18.3. The van der Waals surface area contributed by atoms with Crippen LogP contribution in [0.15, 0.2) is 75.7 Å². The average molecular weight is 489 g/mol. The van der Waals surface area contributed by atoms with E-state index in [4.69, 9.17) is 11.6 Å². The highest BCUT2D eigenvalue weighted by molar-refractivity contribution is 7.90. The van der Waals surface area contributed by atoms with Crippen molar-refractivity contribution in [3.05, 3.63) is 103 Å². The molecule has 0 amide bonds. The second-order valence-corrected chi connectivity index (χ2v) is 10.4. The molecule has 2 unspecified atom stereocenters. The van der Waals surface area contributed by atoms with Crippen LogP contribution < -0.4 is 5.56 Å². The standard InChI is InChI=1S/C24H25ClN2O5S/c1-16-13-19(25)6-9-21(16)22(17-3-7-20(8-4-17)33(2,31)32)14-23(26-30)18-5-10-24(29)27(15-18)11-12-28/h3-10,13,15,22-23,28H,11-12,14H2,1-2H3. The molecule has 1 heterocycles. The number of hydrogen-bond acceptors (Lipinski definition) is 6. The van der Waals surface area contributed by atoms with Gasteiger partial charge in [-0.2, -0.15) is 4.91 Å². The van der Waals surface area contributed by atoms with E-state index >= 15 is 0 Å². The molecule has 0 spiro atoms. The minimum absolute atomic E-state index is 0.116. The number of hydrogen-bond donors (Lipinski definition) is 1. The smallest absolute Gasteiger partial charge is 0.250 e. The van der Waals surface area contributed by atoms with Gasteiger partial charge in [0.05, 0.1) is 11.5 Å². The lowest BCUT2D eigenvalue weighted by Gasteiger charge is -2.23. The highest BCUT2D eigenvalue weighted by Gasteiger charge is 2.24. The van der Waals surface area contributed by atoms with E-state index in [1.165, 1.54) is 10.6 Å². The van der Waals surface area contributed by atoms with E-state index in [9.17, 15) is 23.2 Å². The Bertz CT molecular complexity index is 1300. The molecule has 2 aromatic carbocycles. The van der Waals surface area contributed by atoms with Crippen LogP contribution in [0.1, 0.15) is 40.6 Å². The van der Waals surface area contributed by atoms with E-state index in [1.807, 2.05) is 19.1 Å². The first-order valence-electron chi connectivity index (χ1n) is 10.3. The van der Waals surface area contributed by atoms with E-state index in [1.54, 1.807) is 42.6 Å². The summed E-state index contributed by atoms with van der Waals surface area (Å²) in [5.41, 5.74) is 2.96. The van der Waals surface area contributed by atoms with Crippen molar-refractivity contribution in [2.24, 2.45) is 5.18 Å². The second-order valence-electron chi connectivity index (χ2n) is 7.97. The molecule has 0 fully saturated rings. The van der Waals surface area contributed by atoms with Crippen molar-refractivity contribution >= 4 is 21.4 Å². The third-order valence-electron chi connectivity index (χ3n) is 5.64. The molecule has 0 bridgehead atoms. The Balaban J connectivity index is 2.06. The molecule has 3 aromatic rings. The molecular formula is C24H25ClN2O5S. The number of benzene rings is 2. The number of rotatable bonds is 9. The maximum atomic E-state index is 12.0. The van der Waals surface area contributed by atoms with Crippen LogP contribution in [-0.2, 0) is 16.4 Å². The van der Waals surface area contributed by atoms with Gasteiger partial charge in [0.25, 0.3) is 5.56 Å². The lowest BCUT2D eigenvalue weighted by molar-refractivity contribution is 0.274. The quantitative estimate of drug-likeness (QED) is 0.453. The van der Waals surface area contributed by atoms with Crippen molar-refractivity contribution in [1.82, 2.24) is 4.57 Å². The van der Waals surface area contributed by atoms with Crippen molar-refractivity contribution in [1.29, 1.82) is 0 Å². The normalized spacial score (nSPS) is 13.5. The number of aliphatic hydroxyl groups excluding tert-OH is 1. The summed E-state index contributed by atoms with van der Waals surface area (Å²) < 4.78 is 25.1. The summed E-state index contributed by atoms with van der Waals surface area (Å²) in [5, 5.41) is 13.1. The van der Waals surface area contributed by atoms with Crippen molar-refractivity contribution in [2.45, 2.75) is 36.7 Å². The zero-order valence-corrected chi connectivity index (χ0v) is 19.9. The van der Waals surface area contributed by atoms with Crippen LogP contribution in [0.3, 0.4) is 0 Å². The summed E-state index contributed by atoms with van der Waals surface area (Å²) in [6.45, 7) is 1.83. The molecule has 0 aliphatic rings. The molecule has 9 heteroatoms. The third-order valence-corrected chi connectivity index (χ3v) is 7.00. The number of aliphatic hydroxyl groups is 1. The summed E-state index contributed by atoms with van der Waals surface area (Å²) in [5.74, 6) is -0.281. The minimum atomic E-state index is -3.35. The molecular weight excluding hydrogens is 464 g/mol. The summed E-state index contributed by atoms with van der Waals surface area (Å²) in [7, 11) is -3.35. The molecule has 0 radical (unpaired) electrons. The summed E-state index contributed by atoms with van der Waals surface area (Å²) >= 11 is 6.14. The van der Waals surface area contributed by atoms with E-state index in [-0.39, 0.29) is 29.5 Å². The van der Waals surface area contributed by atoms with E-state index in [2.05, 4.69) is 5.18 Å². The van der Waals surface area contributed by atoms with Crippen LogP contribution >= 0.6 is 11.6 Å². The first-order chi connectivity index (χ1) is 15.6. The highest BCUT2D eigenvalue weighted by atomic mass is 35.5. The van der Waals surface area contributed by atoms with Gasteiger partial charge in [0.15, 0.2) is 9.84 Å². The fraction of sp³-hybridized carbons (Fsp3) is 0.292. The number of pyridine rings is 1. The topological polar surface area (TPSA) is 106 Å². The first-order valence-corrected chi connectivity index (χ1v) is 12.6. The Kier molecular flexibility index (Phi) is 7.84. The van der Waals surface area contributed by atoms with Crippen LogP contribution in [0.2, 0.25) is 5.02 Å². The maximum Gasteiger partial charge on any atom is 0.250 e. The molecule has 2 atom stereocenters. The second kappa shape index (κ2) is 10.4. The average Bonchev–Trinajstić information content (AvgIpc) is 2.77. The molecule has 0 saturated carbocycles. The van der Waals surface area contributed by atoms with Crippen LogP contribution in [-0.4, -0.2) is 31.0 Å². The summed E-state index contributed by atoms with van der Waals surface area (Å²) in [4.78, 5) is 24.1. The van der Waals surface area contributed by atoms with Crippen molar-refractivity contribution in [3.63, 3.8) is 0 Å². The fourth-order valence-electron chi connectivity index (χ4n) is 3.91. The van der Waals surface area contributed by atoms with Crippen LogP contribution in [0, 0.1) is 11.8 Å². The molecule has 7 nitrogen and oxygen atoms in total. The third kappa shape index (κ3) is 5.96. The summed E-state index contributed by atoms with van der Waals surface area (Å²) in [6.07, 6.45) is 2.99. The maximum absolute atomic E-state index is 12.0. The fourth-order valence-corrected chi connectivity index (χ4v) is 4.77. The van der Waals surface area contributed by atoms with Gasteiger partial charge in [-0.25, -0.2) is 8.42 Å². The predicted molar refractivity (Wildman–Crippen MR) is 129 cm³/mol. The Morgan fingerprint density at radius 3 is 2.30 bits per heavy atom. The Labute approximate surface area is 197 Å². The van der Waals surface area contributed by atoms with Crippen LogP contribution in [0.25, 0.3) is 0 Å². The predicted octanol–water partition coefficient (Wildman–Crippen LogP) is 4.24. The van der Waals surface area contributed by atoms with Gasteiger partial charge in [0.1, 0.15) is 6.04 Å². The van der Waals surface area contributed by atoms with Gasteiger partial charge in [-0.1, -0.05) is 35.0 Å². The summed E-state index contributed by atoms with van der Waals surface area (Å²) in [6, 6.07) is 14.2. The Morgan fingerprint density at radius 1 is 1.06 bits per heavy atom. The number of sulfone groups is 1. The van der Waals surface area contributed by atoms with Crippen molar-refractivity contribution in [3.8, 4) is 0 Å². The molecule has 0 aliphatic carbocycles. The SMILES string of the molecule is Cc1cc(Cl)ccc1C(CC(N=O)c1ccc(=O)n(CCO)c1)c1ccc(S(C)(=O)=O)cc1. The molecule has 33 heavy (non-hydrogen) atoms. The largest absolute Gasteiger partial charge is 0.395 e. The van der Waals surface area contributed by atoms with Gasteiger partial charge in [-0.15, -0.1) is 0 Å². The van der Waals surface area contributed by atoms with E-state index in [0.717, 1.165) is 22.9 Å². The highest BCUT2D eigenvalue weighted by Crippen LogP contribution is 2.38. The number of aryl methyl sites for hydroxylation is 1. The molecule has 0 saturated heterocycles. The Hall–Kier alpha value is -2.81. The van der Waals surface area contributed by atoms with Gasteiger partial charge in [-0.05, 0) is 65.9 Å². The minimum Gasteiger partial charge on any atom is -0.395 e. The van der Waals surface area contributed by atoms with Crippen LogP contribution in [0.5, 0.6) is 0 Å².